The van der Waals surface area contributed by atoms with Crippen LogP contribution in [-0.2, 0) is 12.6 Å². The quantitative estimate of drug-likeness (QED) is 0.909. The lowest BCUT2D eigenvalue weighted by molar-refractivity contribution is -0.137. The number of halogens is 3. The SMILES string of the molecule is CCCNc1cc(C(F)(F)F)cc(Cc2ccccn2)n1. The lowest BCUT2D eigenvalue weighted by Crippen LogP contribution is -2.10. The first-order chi connectivity index (χ1) is 9.99. The Kier molecular flexibility index (Phi) is 4.77. The van der Waals surface area contributed by atoms with Gasteiger partial charge in [-0.3, -0.25) is 4.98 Å². The van der Waals surface area contributed by atoms with Crippen LogP contribution in [0.1, 0.15) is 30.3 Å². The van der Waals surface area contributed by atoms with Crippen molar-refractivity contribution in [1.29, 1.82) is 0 Å². The summed E-state index contributed by atoms with van der Waals surface area (Å²) in [6.45, 7) is 2.52. The van der Waals surface area contributed by atoms with E-state index in [-0.39, 0.29) is 12.2 Å². The predicted molar refractivity (Wildman–Crippen MR) is 75.1 cm³/mol. The maximum Gasteiger partial charge on any atom is 0.416 e. The summed E-state index contributed by atoms with van der Waals surface area (Å²) in [4.78, 5) is 8.34. The summed E-state index contributed by atoms with van der Waals surface area (Å²) in [6, 6.07) is 7.44. The van der Waals surface area contributed by atoms with E-state index in [9.17, 15) is 13.2 Å². The smallest absolute Gasteiger partial charge is 0.370 e. The van der Waals surface area contributed by atoms with Crippen LogP contribution in [0.2, 0.25) is 0 Å². The van der Waals surface area contributed by atoms with Gasteiger partial charge in [0.1, 0.15) is 5.82 Å². The fraction of sp³-hybridized carbons (Fsp3) is 0.333. The van der Waals surface area contributed by atoms with Crippen LogP contribution in [0.5, 0.6) is 0 Å². The van der Waals surface area contributed by atoms with Gasteiger partial charge in [-0.1, -0.05) is 13.0 Å². The van der Waals surface area contributed by atoms with E-state index in [0.717, 1.165) is 18.6 Å². The number of alkyl halides is 3. The van der Waals surface area contributed by atoms with E-state index >= 15 is 0 Å². The van der Waals surface area contributed by atoms with Gasteiger partial charge in [0.05, 0.1) is 5.56 Å². The minimum absolute atomic E-state index is 0.248. The van der Waals surface area contributed by atoms with Gasteiger partial charge >= 0.3 is 6.18 Å². The van der Waals surface area contributed by atoms with Gasteiger partial charge in [-0.2, -0.15) is 13.2 Å². The topological polar surface area (TPSA) is 37.8 Å². The fourth-order valence-electron chi connectivity index (χ4n) is 1.87. The van der Waals surface area contributed by atoms with Gasteiger partial charge in [0.2, 0.25) is 0 Å². The molecule has 2 heterocycles. The van der Waals surface area contributed by atoms with Crippen LogP contribution < -0.4 is 5.32 Å². The number of aromatic nitrogens is 2. The highest BCUT2D eigenvalue weighted by Crippen LogP contribution is 2.31. The van der Waals surface area contributed by atoms with Crippen molar-refractivity contribution in [3.8, 4) is 0 Å². The van der Waals surface area contributed by atoms with Crippen molar-refractivity contribution in [3.63, 3.8) is 0 Å². The maximum absolute atomic E-state index is 12.9. The summed E-state index contributed by atoms with van der Waals surface area (Å²) < 4.78 is 38.8. The van der Waals surface area contributed by atoms with Crippen molar-refractivity contribution in [2.24, 2.45) is 0 Å². The number of rotatable bonds is 5. The van der Waals surface area contributed by atoms with Crippen molar-refractivity contribution in [2.75, 3.05) is 11.9 Å². The van der Waals surface area contributed by atoms with Gasteiger partial charge in [0.25, 0.3) is 0 Å². The third-order valence-electron chi connectivity index (χ3n) is 2.85. The highest BCUT2D eigenvalue weighted by atomic mass is 19.4. The monoisotopic (exact) mass is 295 g/mol. The Balaban J connectivity index is 2.30. The molecule has 0 aromatic carbocycles. The molecule has 0 spiro atoms. The number of hydrogen-bond donors (Lipinski definition) is 1. The Morgan fingerprint density at radius 2 is 1.95 bits per heavy atom. The maximum atomic E-state index is 12.9. The summed E-state index contributed by atoms with van der Waals surface area (Å²) in [6.07, 6.45) is -1.69. The van der Waals surface area contributed by atoms with E-state index in [2.05, 4.69) is 15.3 Å². The summed E-state index contributed by atoms with van der Waals surface area (Å²) >= 11 is 0. The van der Waals surface area contributed by atoms with E-state index in [4.69, 9.17) is 0 Å². The number of hydrogen-bond acceptors (Lipinski definition) is 3. The minimum atomic E-state index is -4.38. The highest BCUT2D eigenvalue weighted by molar-refractivity contribution is 5.41. The molecule has 0 aliphatic carbocycles. The first kappa shape index (κ1) is 15.3. The molecular formula is C15H16F3N3. The van der Waals surface area contributed by atoms with Crippen LogP contribution in [0.4, 0.5) is 19.0 Å². The number of nitrogens with zero attached hydrogens (tertiary/aromatic N) is 2. The van der Waals surface area contributed by atoms with Crippen LogP contribution in [0, 0.1) is 0 Å². The Labute approximate surface area is 121 Å². The van der Waals surface area contributed by atoms with Gasteiger partial charge in [0, 0.05) is 30.6 Å². The van der Waals surface area contributed by atoms with Gasteiger partial charge in [-0.05, 0) is 30.7 Å². The predicted octanol–water partition coefficient (Wildman–Crippen LogP) is 3.91. The molecule has 2 rings (SSSR count). The molecule has 0 fully saturated rings. The number of anilines is 1. The van der Waals surface area contributed by atoms with E-state index in [1.165, 1.54) is 0 Å². The number of nitrogens with one attached hydrogen (secondary N) is 1. The normalized spacial score (nSPS) is 11.4. The lowest BCUT2D eigenvalue weighted by atomic mass is 10.1. The molecule has 0 aliphatic rings. The van der Waals surface area contributed by atoms with Crippen LogP contribution >= 0.6 is 0 Å². The van der Waals surface area contributed by atoms with E-state index in [0.29, 0.717) is 17.9 Å². The second-order valence-electron chi connectivity index (χ2n) is 4.65. The highest BCUT2D eigenvalue weighted by Gasteiger charge is 2.31. The van der Waals surface area contributed by atoms with Crippen molar-refractivity contribution in [1.82, 2.24) is 9.97 Å². The molecule has 2 aromatic rings. The van der Waals surface area contributed by atoms with Gasteiger partial charge in [-0.15, -0.1) is 0 Å². The first-order valence-corrected chi connectivity index (χ1v) is 6.71. The molecule has 0 unspecified atom stereocenters. The Bertz CT molecular complexity index is 582. The summed E-state index contributed by atoms with van der Waals surface area (Å²) in [7, 11) is 0. The van der Waals surface area contributed by atoms with Crippen molar-refractivity contribution in [2.45, 2.75) is 25.9 Å². The Hall–Kier alpha value is -2.11. The van der Waals surface area contributed by atoms with Crippen LogP contribution in [0.25, 0.3) is 0 Å². The van der Waals surface area contributed by atoms with Gasteiger partial charge < -0.3 is 5.32 Å². The zero-order valence-electron chi connectivity index (χ0n) is 11.6. The molecule has 0 atom stereocenters. The molecule has 0 amide bonds. The first-order valence-electron chi connectivity index (χ1n) is 6.71. The Morgan fingerprint density at radius 1 is 1.14 bits per heavy atom. The summed E-state index contributed by atoms with van der Waals surface area (Å²) in [5.74, 6) is 0.248. The second-order valence-corrected chi connectivity index (χ2v) is 4.65. The van der Waals surface area contributed by atoms with Gasteiger partial charge in [-0.25, -0.2) is 4.98 Å². The molecule has 112 valence electrons. The summed E-state index contributed by atoms with van der Waals surface area (Å²) in [5.41, 5.74) is 0.343. The molecular weight excluding hydrogens is 279 g/mol. The molecule has 3 nitrogen and oxygen atoms in total. The fourth-order valence-corrected chi connectivity index (χ4v) is 1.87. The zero-order chi connectivity index (χ0) is 15.3. The standard InChI is InChI=1S/C15H16F3N3/c1-2-6-20-14-9-11(15(16,17)18)8-13(21-14)10-12-5-3-4-7-19-12/h3-5,7-9H,2,6,10H2,1H3,(H,20,21). The average Bonchev–Trinajstić information content (AvgIpc) is 2.45. The molecule has 2 aromatic heterocycles. The van der Waals surface area contributed by atoms with Crippen molar-refractivity contribution in [3.05, 3.63) is 53.5 Å². The zero-order valence-corrected chi connectivity index (χ0v) is 11.6. The van der Waals surface area contributed by atoms with Crippen LogP contribution in [0.15, 0.2) is 36.5 Å². The Morgan fingerprint density at radius 3 is 2.57 bits per heavy atom. The molecule has 0 saturated carbocycles. The lowest BCUT2D eigenvalue weighted by Gasteiger charge is -2.12. The minimum Gasteiger partial charge on any atom is -0.370 e. The molecule has 0 saturated heterocycles. The molecule has 0 bridgehead atoms. The van der Waals surface area contributed by atoms with Gasteiger partial charge in [0.15, 0.2) is 0 Å². The van der Waals surface area contributed by atoms with E-state index < -0.39 is 11.7 Å². The summed E-state index contributed by atoms with van der Waals surface area (Å²) in [5, 5.41) is 2.90. The average molecular weight is 295 g/mol. The molecule has 0 radical (unpaired) electrons. The third-order valence-corrected chi connectivity index (χ3v) is 2.85. The largest absolute Gasteiger partial charge is 0.416 e. The molecule has 1 N–H and O–H groups in total. The third kappa shape index (κ3) is 4.44. The van der Waals surface area contributed by atoms with Crippen molar-refractivity contribution < 1.29 is 13.2 Å². The molecule has 21 heavy (non-hydrogen) atoms. The van der Waals surface area contributed by atoms with E-state index in [1.807, 2.05) is 6.92 Å². The van der Waals surface area contributed by atoms with Crippen LogP contribution in [-0.4, -0.2) is 16.5 Å². The molecule has 0 aliphatic heterocycles. The van der Waals surface area contributed by atoms with Crippen LogP contribution in [0.3, 0.4) is 0 Å². The number of pyridine rings is 2. The van der Waals surface area contributed by atoms with E-state index in [1.54, 1.807) is 24.4 Å². The second kappa shape index (κ2) is 6.56. The van der Waals surface area contributed by atoms with Crippen molar-refractivity contribution >= 4 is 5.82 Å². The molecule has 6 heteroatoms.